The van der Waals surface area contributed by atoms with Gasteiger partial charge >= 0.3 is 6.03 Å². The van der Waals surface area contributed by atoms with Gasteiger partial charge in [0, 0.05) is 25.3 Å². The number of ether oxygens (including phenoxy) is 1. The fourth-order valence-electron chi connectivity index (χ4n) is 2.72. The van der Waals surface area contributed by atoms with Gasteiger partial charge in [0.25, 0.3) is 0 Å². The first-order valence-electron chi connectivity index (χ1n) is 7.56. The van der Waals surface area contributed by atoms with Crippen LogP contribution in [0, 0.1) is 5.92 Å². The molecule has 1 fully saturated rings. The van der Waals surface area contributed by atoms with Crippen LogP contribution in [0.5, 0.6) is 0 Å². The van der Waals surface area contributed by atoms with E-state index in [0.29, 0.717) is 18.8 Å². The van der Waals surface area contributed by atoms with Gasteiger partial charge in [0.1, 0.15) is 0 Å². The summed E-state index contributed by atoms with van der Waals surface area (Å²) in [6.45, 7) is 1.26. The molecule has 0 radical (unpaired) electrons. The number of benzene rings is 1. The molecule has 0 saturated carbocycles. The highest BCUT2D eigenvalue weighted by Crippen LogP contribution is 2.33. The normalized spacial score (nSPS) is 20.2. The fourth-order valence-corrected chi connectivity index (χ4v) is 2.89. The Bertz CT molecular complexity index is 666. The Kier molecular flexibility index (Phi) is 5.10. The summed E-state index contributed by atoms with van der Waals surface area (Å²) in [6.07, 6.45) is 2.53. The number of rotatable bonds is 4. The van der Waals surface area contributed by atoms with Crippen LogP contribution in [0.1, 0.15) is 18.1 Å². The average Bonchev–Trinajstić information content (AvgIpc) is 3.04. The fraction of sp³-hybridized carbons (Fsp3) is 0.294. The Labute approximate surface area is 140 Å². The van der Waals surface area contributed by atoms with E-state index in [0.717, 1.165) is 12.0 Å². The van der Waals surface area contributed by atoms with Crippen molar-refractivity contribution < 1.29 is 9.53 Å². The van der Waals surface area contributed by atoms with E-state index in [2.05, 4.69) is 27.8 Å². The van der Waals surface area contributed by atoms with Gasteiger partial charge in [-0.25, -0.2) is 9.78 Å². The van der Waals surface area contributed by atoms with Crippen molar-refractivity contribution >= 4 is 23.3 Å². The third-order valence-electron chi connectivity index (χ3n) is 3.87. The number of aromatic nitrogens is 1. The van der Waals surface area contributed by atoms with Gasteiger partial charge in [-0.05, 0) is 24.1 Å². The lowest BCUT2D eigenvalue weighted by atomic mass is 9.95. The molecule has 0 aliphatic carbocycles. The minimum Gasteiger partial charge on any atom is -0.373 e. The van der Waals surface area contributed by atoms with Gasteiger partial charge in [0.15, 0.2) is 5.15 Å². The molecule has 2 atom stereocenters. The first-order chi connectivity index (χ1) is 11.2. The number of carbonyl (C=O) groups is 1. The van der Waals surface area contributed by atoms with E-state index >= 15 is 0 Å². The number of hydrogen-bond acceptors (Lipinski definition) is 3. The Morgan fingerprint density at radius 3 is 2.87 bits per heavy atom. The van der Waals surface area contributed by atoms with E-state index in [-0.39, 0.29) is 23.2 Å². The van der Waals surface area contributed by atoms with Crippen LogP contribution in [0.25, 0.3) is 0 Å². The smallest absolute Gasteiger partial charge is 0.319 e. The monoisotopic (exact) mass is 331 g/mol. The number of anilines is 1. The number of amides is 2. The predicted octanol–water partition coefficient (Wildman–Crippen LogP) is 3.63. The lowest BCUT2D eigenvalue weighted by Gasteiger charge is -2.19. The standard InChI is InChI=1S/C17H18ClN3O2/c18-16-14(7-4-9-19-16)21-17(22)20-11-13-8-10-23-15(13)12-5-2-1-3-6-12/h1-7,9,13,15H,8,10-11H2,(H2,20,21,22)/t13-,15-/m1/s1. The van der Waals surface area contributed by atoms with E-state index < -0.39 is 0 Å². The van der Waals surface area contributed by atoms with Crippen LogP contribution >= 0.6 is 11.6 Å². The van der Waals surface area contributed by atoms with Crippen molar-refractivity contribution in [2.45, 2.75) is 12.5 Å². The summed E-state index contributed by atoms with van der Waals surface area (Å²) >= 11 is 5.93. The quantitative estimate of drug-likeness (QED) is 0.841. The Hall–Kier alpha value is -2.11. The largest absolute Gasteiger partial charge is 0.373 e. The molecule has 23 heavy (non-hydrogen) atoms. The van der Waals surface area contributed by atoms with Crippen LogP contribution in [-0.2, 0) is 4.74 Å². The molecule has 120 valence electrons. The van der Waals surface area contributed by atoms with Crippen molar-refractivity contribution in [3.63, 3.8) is 0 Å². The molecular weight excluding hydrogens is 314 g/mol. The first kappa shape index (κ1) is 15.8. The highest BCUT2D eigenvalue weighted by molar-refractivity contribution is 6.32. The van der Waals surface area contributed by atoms with E-state index in [4.69, 9.17) is 16.3 Å². The zero-order valence-corrected chi connectivity index (χ0v) is 13.3. The molecule has 0 bridgehead atoms. The van der Waals surface area contributed by atoms with E-state index in [1.807, 2.05) is 18.2 Å². The van der Waals surface area contributed by atoms with Gasteiger partial charge in [-0.15, -0.1) is 0 Å². The van der Waals surface area contributed by atoms with Crippen molar-refractivity contribution in [3.8, 4) is 0 Å². The lowest BCUT2D eigenvalue weighted by Crippen LogP contribution is -2.34. The molecule has 0 unspecified atom stereocenters. The van der Waals surface area contributed by atoms with Crippen LogP contribution < -0.4 is 10.6 Å². The van der Waals surface area contributed by atoms with Crippen LogP contribution in [0.15, 0.2) is 48.7 Å². The van der Waals surface area contributed by atoms with Gasteiger partial charge in [-0.1, -0.05) is 41.9 Å². The molecule has 2 aromatic rings. The summed E-state index contributed by atoms with van der Waals surface area (Å²) in [5, 5.41) is 5.86. The van der Waals surface area contributed by atoms with Gasteiger partial charge < -0.3 is 15.4 Å². The Morgan fingerprint density at radius 2 is 2.09 bits per heavy atom. The predicted molar refractivity (Wildman–Crippen MR) is 89.5 cm³/mol. The highest BCUT2D eigenvalue weighted by Gasteiger charge is 2.29. The van der Waals surface area contributed by atoms with Crippen LogP contribution in [0.4, 0.5) is 10.5 Å². The molecule has 5 nitrogen and oxygen atoms in total. The molecule has 1 aliphatic rings. The molecule has 1 saturated heterocycles. The number of hydrogen-bond donors (Lipinski definition) is 2. The van der Waals surface area contributed by atoms with Crippen molar-refractivity contribution in [1.82, 2.24) is 10.3 Å². The van der Waals surface area contributed by atoms with Crippen molar-refractivity contribution in [3.05, 3.63) is 59.4 Å². The second-order valence-corrected chi connectivity index (χ2v) is 5.79. The summed E-state index contributed by atoms with van der Waals surface area (Å²) in [5.74, 6) is 0.257. The third kappa shape index (κ3) is 4.00. The average molecular weight is 332 g/mol. The molecule has 1 aromatic heterocycles. The highest BCUT2D eigenvalue weighted by atomic mass is 35.5. The second kappa shape index (κ2) is 7.44. The molecule has 3 rings (SSSR count). The van der Waals surface area contributed by atoms with Crippen molar-refractivity contribution in [2.24, 2.45) is 5.92 Å². The number of halogens is 1. The zero-order valence-electron chi connectivity index (χ0n) is 12.5. The molecule has 2 amide bonds. The second-order valence-electron chi connectivity index (χ2n) is 5.43. The summed E-state index contributed by atoms with van der Waals surface area (Å²) in [7, 11) is 0. The molecule has 6 heteroatoms. The van der Waals surface area contributed by atoms with Crippen molar-refractivity contribution in [1.29, 1.82) is 0 Å². The first-order valence-corrected chi connectivity index (χ1v) is 7.94. The third-order valence-corrected chi connectivity index (χ3v) is 4.18. The van der Waals surface area contributed by atoms with E-state index in [9.17, 15) is 4.79 Å². The van der Waals surface area contributed by atoms with Gasteiger partial charge in [-0.2, -0.15) is 0 Å². The molecule has 2 N–H and O–H groups in total. The van der Waals surface area contributed by atoms with E-state index in [1.54, 1.807) is 18.3 Å². The zero-order chi connectivity index (χ0) is 16.1. The maximum absolute atomic E-state index is 12.0. The van der Waals surface area contributed by atoms with Gasteiger partial charge in [0.2, 0.25) is 0 Å². The maximum atomic E-state index is 12.0. The molecule has 1 aromatic carbocycles. The van der Waals surface area contributed by atoms with Crippen LogP contribution in [-0.4, -0.2) is 24.2 Å². The van der Waals surface area contributed by atoms with E-state index in [1.165, 1.54) is 0 Å². The summed E-state index contributed by atoms with van der Waals surface area (Å²) in [4.78, 5) is 15.9. The molecule has 2 heterocycles. The molecule has 0 spiro atoms. The minimum absolute atomic E-state index is 0.0264. The van der Waals surface area contributed by atoms with Crippen LogP contribution in [0.3, 0.4) is 0 Å². The number of nitrogens with zero attached hydrogens (tertiary/aromatic N) is 1. The van der Waals surface area contributed by atoms with Gasteiger partial charge in [0.05, 0.1) is 11.8 Å². The lowest BCUT2D eigenvalue weighted by molar-refractivity contribution is 0.0911. The minimum atomic E-state index is -0.293. The maximum Gasteiger partial charge on any atom is 0.319 e. The summed E-state index contributed by atoms with van der Waals surface area (Å²) < 4.78 is 5.82. The number of urea groups is 1. The van der Waals surface area contributed by atoms with Crippen molar-refractivity contribution in [2.75, 3.05) is 18.5 Å². The molecule has 1 aliphatic heterocycles. The number of nitrogens with one attached hydrogen (secondary N) is 2. The summed E-state index contributed by atoms with van der Waals surface area (Å²) in [5.41, 5.74) is 1.64. The van der Waals surface area contributed by atoms with Gasteiger partial charge in [-0.3, -0.25) is 0 Å². The topological polar surface area (TPSA) is 63.2 Å². The Morgan fingerprint density at radius 1 is 1.26 bits per heavy atom. The molecular formula is C17H18ClN3O2. The van der Waals surface area contributed by atoms with Crippen LogP contribution in [0.2, 0.25) is 5.15 Å². The number of pyridine rings is 1. The Balaban J connectivity index is 1.55. The number of carbonyl (C=O) groups excluding carboxylic acids is 1. The summed E-state index contributed by atoms with van der Waals surface area (Å²) in [6, 6.07) is 13.2. The SMILES string of the molecule is O=C(NC[C@H]1CCO[C@@H]1c1ccccc1)Nc1cccnc1Cl.